The van der Waals surface area contributed by atoms with Crippen LogP contribution in [0.2, 0.25) is 0 Å². The lowest BCUT2D eigenvalue weighted by Gasteiger charge is -2.30. The maximum Gasteiger partial charge on any atom is 0.243 e. The molecular weight excluding hydrogens is 429 g/mol. The molecule has 0 spiro atoms. The van der Waals surface area contributed by atoms with E-state index < -0.39 is 15.8 Å². The van der Waals surface area contributed by atoms with Crippen molar-refractivity contribution in [2.45, 2.75) is 58.0 Å². The van der Waals surface area contributed by atoms with E-state index in [1.807, 2.05) is 64.9 Å². The van der Waals surface area contributed by atoms with Gasteiger partial charge in [-0.15, -0.1) is 0 Å². The number of nitrogens with one attached hydrogen (secondary N) is 1. The second-order valence-electron chi connectivity index (χ2n) is 8.65. The third kappa shape index (κ3) is 6.53. The van der Waals surface area contributed by atoms with Crippen molar-refractivity contribution < 1.29 is 17.6 Å². The van der Waals surface area contributed by atoms with Crippen LogP contribution in [0.4, 0.5) is 15.8 Å². The molecule has 1 amide bonds. The largest absolute Gasteiger partial charge is 0.377 e. The van der Waals surface area contributed by atoms with Gasteiger partial charge in [0.25, 0.3) is 0 Å². The summed E-state index contributed by atoms with van der Waals surface area (Å²) in [5, 5.41) is 2.91. The Kier molecular flexibility index (Phi) is 8.81. The molecule has 1 atom stereocenters. The highest BCUT2D eigenvalue weighted by atomic mass is 32.2. The average Bonchev–Trinajstić information content (AvgIpc) is 2.70. The van der Waals surface area contributed by atoms with E-state index in [9.17, 15) is 17.6 Å². The number of nitrogens with zero attached hydrogens (tertiary/aromatic N) is 2. The fourth-order valence-corrected chi connectivity index (χ4v) is 5.08. The summed E-state index contributed by atoms with van der Waals surface area (Å²) in [6, 6.07) is 10.1. The predicted molar refractivity (Wildman–Crippen MR) is 128 cm³/mol. The van der Waals surface area contributed by atoms with Crippen molar-refractivity contribution in [3.63, 3.8) is 0 Å². The molecule has 0 heterocycles. The van der Waals surface area contributed by atoms with Crippen LogP contribution in [0.5, 0.6) is 0 Å². The van der Waals surface area contributed by atoms with Crippen molar-refractivity contribution in [3.8, 4) is 0 Å². The zero-order chi connectivity index (χ0) is 24.1. The van der Waals surface area contributed by atoms with Crippen molar-refractivity contribution in [3.05, 3.63) is 53.8 Å². The molecule has 0 aliphatic carbocycles. The van der Waals surface area contributed by atoms with Gasteiger partial charge in [0.1, 0.15) is 5.82 Å². The maximum atomic E-state index is 13.4. The van der Waals surface area contributed by atoms with Crippen molar-refractivity contribution >= 4 is 27.3 Å². The SMILES string of the molecule is CC[C@H](C)N(Cc1cc(NC(=O)CC(C)C)ccc1N(C)C)S(=O)(=O)c1ccc(F)cc1. The molecule has 1 N–H and O–H groups in total. The molecule has 2 aromatic carbocycles. The standard InChI is InChI=1S/C24H34FN3O3S/c1-7-18(4)28(32(30,31)22-11-8-20(25)9-12-22)16-19-15-21(10-13-23(19)27(5)6)26-24(29)14-17(2)3/h8-13,15,17-18H,7,14,16H2,1-6H3,(H,26,29)/t18-/m0/s1. The summed E-state index contributed by atoms with van der Waals surface area (Å²) < 4.78 is 41.7. The fourth-order valence-electron chi connectivity index (χ4n) is 3.40. The zero-order valence-corrected chi connectivity index (χ0v) is 20.5. The third-order valence-corrected chi connectivity index (χ3v) is 7.24. The number of amides is 1. The Morgan fingerprint density at radius 2 is 1.69 bits per heavy atom. The number of hydrogen-bond donors (Lipinski definition) is 1. The third-order valence-electron chi connectivity index (χ3n) is 5.27. The van der Waals surface area contributed by atoms with Gasteiger partial charge in [-0.05, 0) is 67.3 Å². The van der Waals surface area contributed by atoms with Crippen LogP contribution < -0.4 is 10.2 Å². The van der Waals surface area contributed by atoms with E-state index in [2.05, 4.69) is 5.32 Å². The molecule has 0 aliphatic rings. The smallest absolute Gasteiger partial charge is 0.243 e. The van der Waals surface area contributed by atoms with Crippen molar-refractivity contribution in [1.82, 2.24) is 4.31 Å². The summed E-state index contributed by atoms with van der Waals surface area (Å²) in [4.78, 5) is 14.2. The van der Waals surface area contributed by atoms with Crippen molar-refractivity contribution in [1.29, 1.82) is 0 Å². The molecule has 0 saturated heterocycles. The van der Waals surface area contributed by atoms with Crippen LogP contribution in [0.15, 0.2) is 47.4 Å². The number of sulfonamides is 1. The van der Waals surface area contributed by atoms with Gasteiger partial charge in [-0.1, -0.05) is 20.8 Å². The van der Waals surface area contributed by atoms with E-state index >= 15 is 0 Å². The van der Waals surface area contributed by atoms with Gasteiger partial charge < -0.3 is 10.2 Å². The summed E-state index contributed by atoms with van der Waals surface area (Å²) in [5.74, 6) is -0.336. The number of carbonyl (C=O) groups is 1. The van der Waals surface area contributed by atoms with E-state index in [1.165, 1.54) is 16.4 Å². The van der Waals surface area contributed by atoms with Crippen molar-refractivity contribution in [2.24, 2.45) is 5.92 Å². The molecular formula is C24H34FN3O3S. The maximum absolute atomic E-state index is 13.4. The Balaban J connectivity index is 2.46. The monoisotopic (exact) mass is 463 g/mol. The summed E-state index contributed by atoms with van der Waals surface area (Å²) in [6.07, 6.45) is 1.02. The van der Waals surface area contributed by atoms with Crippen LogP contribution in [0, 0.1) is 11.7 Å². The first kappa shape index (κ1) is 25.8. The van der Waals surface area contributed by atoms with Gasteiger partial charge in [0, 0.05) is 44.5 Å². The van der Waals surface area contributed by atoms with E-state index in [4.69, 9.17) is 0 Å². The molecule has 0 aliphatic heterocycles. The number of carbonyl (C=O) groups excluding carboxylic acids is 1. The Morgan fingerprint density at radius 1 is 1.06 bits per heavy atom. The molecule has 0 unspecified atom stereocenters. The van der Waals surface area contributed by atoms with Crippen molar-refractivity contribution in [2.75, 3.05) is 24.3 Å². The lowest BCUT2D eigenvalue weighted by Crippen LogP contribution is -2.38. The van der Waals surface area contributed by atoms with E-state index in [1.54, 1.807) is 0 Å². The number of halogens is 1. The Morgan fingerprint density at radius 3 is 2.22 bits per heavy atom. The molecule has 0 bridgehead atoms. The topological polar surface area (TPSA) is 69.7 Å². The normalized spacial score (nSPS) is 12.8. The Bertz CT molecular complexity index is 1020. The van der Waals surface area contributed by atoms with Gasteiger partial charge in [0.05, 0.1) is 4.90 Å². The van der Waals surface area contributed by atoms with Crippen LogP contribution in [0.1, 0.15) is 46.1 Å². The quantitative estimate of drug-likeness (QED) is 0.546. The minimum absolute atomic E-state index is 0.0481. The van der Waals surface area contributed by atoms with E-state index in [0.29, 0.717) is 18.5 Å². The van der Waals surface area contributed by atoms with Gasteiger partial charge in [-0.3, -0.25) is 4.79 Å². The zero-order valence-electron chi connectivity index (χ0n) is 19.7. The molecule has 8 heteroatoms. The van der Waals surface area contributed by atoms with E-state index in [0.717, 1.165) is 23.4 Å². The number of hydrogen-bond acceptors (Lipinski definition) is 4. The summed E-state index contributed by atoms with van der Waals surface area (Å²) in [7, 11) is -0.0872. The minimum atomic E-state index is -3.86. The predicted octanol–water partition coefficient (Wildman–Crippen LogP) is 4.87. The molecule has 32 heavy (non-hydrogen) atoms. The van der Waals surface area contributed by atoms with Gasteiger partial charge in [-0.2, -0.15) is 4.31 Å². The second kappa shape index (κ2) is 10.9. The van der Waals surface area contributed by atoms with Gasteiger partial charge in [0.2, 0.25) is 15.9 Å². The Hall–Kier alpha value is -2.45. The highest BCUT2D eigenvalue weighted by Crippen LogP contribution is 2.29. The average molecular weight is 464 g/mol. The number of benzene rings is 2. The van der Waals surface area contributed by atoms with Crippen LogP contribution in [0.3, 0.4) is 0 Å². The van der Waals surface area contributed by atoms with Crippen LogP contribution in [0.25, 0.3) is 0 Å². The second-order valence-corrected chi connectivity index (χ2v) is 10.5. The first-order valence-electron chi connectivity index (χ1n) is 10.8. The van der Waals surface area contributed by atoms with Crippen LogP contribution in [-0.4, -0.2) is 38.8 Å². The fraction of sp³-hybridized carbons (Fsp3) is 0.458. The summed E-state index contributed by atoms with van der Waals surface area (Å²) in [5.41, 5.74) is 2.25. The Labute approximate surface area is 191 Å². The van der Waals surface area contributed by atoms with Gasteiger partial charge in [0.15, 0.2) is 0 Å². The summed E-state index contributed by atoms with van der Waals surface area (Å²) >= 11 is 0. The van der Waals surface area contributed by atoms with Gasteiger partial charge in [-0.25, -0.2) is 12.8 Å². The first-order valence-corrected chi connectivity index (χ1v) is 12.3. The molecule has 2 aromatic rings. The number of anilines is 2. The highest BCUT2D eigenvalue weighted by molar-refractivity contribution is 7.89. The lowest BCUT2D eigenvalue weighted by atomic mass is 10.1. The molecule has 0 fully saturated rings. The minimum Gasteiger partial charge on any atom is -0.377 e. The molecule has 176 valence electrons. The highest BCUT2D eigenvalue weighted by Gasteiger charge is 2.29. The molecule has 6 nitrogen and oxygen atoms in total. The first-order chi connectivity index (χ1) is 14.9. The molecule has 0 aromatic heterocycles. The van der Waals surface area contributed by atoms with Crippen LogP contribution in [-0.2, 0) is 21.4 Å². The summed E-state index contributed by atoms with van der Waals surface area (Å²) in [6.45, 7) is 7.85. The lowest BCUT2D eigenvalue weighted by molar-refractivity contribution is -0.116. The number of rotatable bonds is 10. The molecule has 2 rings (SSSR count). The van der Waals surface area contributed by atoms with Gasteiger partial charge >= 0.3 is 0 Å². The van der Waals surface area contributed by atoms with Crippen LogP contribution >= 0.6 is 0 Å². The molecule has 0 saturated carbocycles. The molecule has 0 radical (unpaired) electrons. The van der Waals surface area contributed by atoms with E-state index in [-0.39, 0.29) is 29.3 Å².